The second-order valence-corrected chi connectivity index (χ2v) is 6.15. The highest BCUT2D eigenvalue weighted by Crippen LogP contribution is 2.24. The van der Waals surface area contributed by atoms with Gasteiger partial charge < -0.3 is 10.1 Å². The van der Waals surface area contributed by atoms with Crippen molar-refractivity contribution in [3.05, 3.63) is 64.9 Å². The van der Waals surface area contributed by atoms with Gasteiger partial charge in [-0.3, -0.25) is 4.79 Å². The van der Waals surface area contributed by atoms with Crippen LogP contribution in [0.2, 0.25) is 5.02 Å². The number of carbonyl (C=O) groups excluding carboxylic acids is 1. The van der Waals surface area contributed by atoms with E-state index in [1.54, 1.807) is 23.9 Å². The molecule has 0 saturated carbocycles. The molecule has 0 aliphatic rings. The molecule has 0 atom stereocenters. The predicted molar refractivity (Wildman–Crippen MR) is 101 cm³/mol. The lowest BCUT2D eigenvalue weighted by molar-refractivity contribution is 0.0927. The molecule has 0 bridgehead atoms. The Hall–Kier alpha value is -2.70. The van der Waals surface area contributed by atoms with Crippen molar-refractivity contribution in [1.29, 1.82) is 0 Å². The van der Waals surface area contributed by atoms with E-state index in [0.717, 1.165) is 16.8 Å². The summed E-state index contributed by atoms with van der Waals surface area (Å²) in [5.74, 6) is 0.340. The molecule has 0 saturated heterocycles. The van der Waals surface area contributed by atoms with Gasteiger partial charge >= 0.3 is 0 Å². The molecule has 1 heterocycles. The maximum atomic E-state index is 12.4. The summed E-state index contributed by atoms with van der Waals surface area (Å²) in [4.78, 5) is 16.8. The molecule has 3 aromatic rings. The summed E-state index contributed by atoms with van der Waals surface area (Å²) in [5.41, 5.74) is 2.71. The van der Waals surface area contributed by atoms with Crippen LogP contribution in [0.5, 0.6) is 0 Å². The van der Waals surface area contributed by atoms with Crippen LogP contribution in [-0.4, -0.2) is 40.9 Å². The highest BCUT2D eigenvalue weighted by atomic mass is 35.5. The SMILES string of the molecule is COCCNC(=O)c1nc(-c2ccc(Cl)cc2)n(-c2ccccc2C)n1. The van der Waals surface area contributed by atoms with E-state index in [1.807, 2.05) is 43.3 Å². The second kappa shape index (κ2) is 8.12. The van der Waals surface area contributed by atoms with Gasteiger partial charge in [-0.2, -0.15) is 0 Å². The Balaban J connectivity index is 2.04. The number of para-hydroxylation sites is 1. The standard InChI is InChI=1S/C19H19ClN4O2/c1-13-5-3-4-6-16(13)24-18(14-7-9-15(20)10-8-14)22-17(23-24)19(25)21-11-12-26-2/h3-10H,11-12H2,1-2H3,(H,21,25). The minimum absolute atomic E-state index is 0.106. The van der Waals surface area contributed by atoms with E-state index in [9.17, 15) is 4.79 Å². The first-order chi connectivity index (χ1) is 12.6. The molecule has 3 rings (SSSR count). The Morgan fingerprint density at radius 3 is 2.62 bits per heavy atom. The van der Waals surface area contributed by atoms with Gasteiger partial charge in [0.15, 0.2) is 5.82 Å². The fourth-order valence-electron chi connectivity index (χ4n) is 2.51. The average molecular weight is 371 g/mol. The summed E-state index contributed by atoms with van der Waals surface area (Å²) in [6.45, 7) is 2.81. The zero-order valence-corrected chi connectivity index (χ0v) is 15.3. The number of methoxy groups -OCH3 is 1. The van der Waals surface area contributed by atoms with Crippen molar-refractivity contribution in [3.8, 4) is 17.1 Å². The monoisotopic (exact) mass is 370 g/mol. The molecule has 134 valence electrons. The van der Waals surface area contributed by atoms with E-state index in [4.69, 9.17) is 16.3 Å². The third-order valence-corrected chi connectivity index (χ3v) is 4.10. The number of hydrogen-bond donors (Lipinski definition) is 1. The molecule has 0 spiro atoms. The average Bonchev–Trinajstić information content (AvgIpc) is 3.08. The summed E-state index contributed by atoms with van der Waals surface area (Å²) in [5, 5.41) is 7.81. The third-order valence-electron chi connectivity index (χ3n) is 3.85. The Labute approximate surface area is 156 Å². The fourth-order valence-corrected chi connectivity index (χ4v) is 2.63. The first-order valence-corrected chi connectivity index (χ1v) is 8.54. The van der Waals surface area contributed by atoms with Crippen LogP contribution in [0.3, 0.4) is 0 Å². The topological polar surface area (TPSA) is 69.0 Å². The Morgan fingerprint density at radius 2 is 1.92 bits per heavy atom. The van der Waals surface area contributed by atoms with Gasteiger partial charge in [-0.25, -0.2) is 9.67 Å². The van der Waals surface area contributed by atoms with E-state index in [1.165, 1.54) is 0 Å². The summed E-state index contributed by atoms with van der Waals surface area (Å²) in [6, 6.07) is 15.1. The first kappa shape index (κ1) is 18.1. The molecular formula is C19H19ClN4O2. The number of hydrogen-bond acceptors (Lipinski definition) is 4. The Kier molecular flexibility index (Phi) is 5.65. The fraction of sp³-hybridized carbons (Fsp3) is 0.211. The maximum absolute atomic E-state index is 12.4. The van der Waals surface area contributed by atoms with Crippen LogP contribution in [0.15, 0.2) is 48.5 Å². The van der Waals surface area contributed by atoms with Crippen LogP contribution in [-0.2, 0) is 4.74 Å². The van der Waals surface area contributed by atoms with E-state index < -0.39 is 0 Å². The molecule has 0 fully saturated rings. The number of aromatic nitrogens is 3. The molecule has 7 heteroatoms. The van der Waals surface area contributed by atoms with Gasteiger partial charge in [0.1, 0.15) is 0 Å². The van der Waals surface area contributed by atoms with E-state index in [-0.39, 0.29) is 11.7 Å². The summed E-state index contributed by atoms with van der Waals surface area (Å²) >= 11 is 5.99. The van der Waals surface area contributed by atoms with Gasteiger partial charge in [0.25, 0.3) is 5.91 Å². The van der Waals surface area contributed by atoms with Crippen molar-refractivity contribution in [2.75, 3.05) is 20.3 Å². The van der Waals surface area contributed by atoms with Gasteiger partial charge in [0, 0.05) is 24.2 Å². The smallest absolute Gasteiger partial charge is 0.291 e. The lowest BCUT2D eigenvalue weighted by atomic mass is 10.2. The Bertz CT molecular complexity index is 906. The lowest BCUT2D eigenvalue weighted by Gasteiger charge is -2.08. The van der Waals surface area contributed by atoms with Crippen LogP contribution in [0, 0.1) is 6.92 Å². The van der Waals surface area contributed by atoms with Crippen molar-refractivity contribution < 1.29 is 9.53 Å². The molecule has 2 aromatic carbocycles. The number of rotatable bonds is 6. The highest BCUT2D eigenvalue weighted by Gasteiger charge is 2.19. The van der Waals surface area contributed by atoms with Gasteiger partial charge in [-0.1, -0.05) is 29.8 Å². The number of amides is 1. The normalized spacial score (nSPS) is 10.7. The molecule has 1 N–H and O–H groups in total. The third kappa shape index (κ3) is 3.92. The quantitative estimate of drug-likeness (QED) is 0.676. The molecule has 1 amide bonds. The zero-order valence-electron chi connectivity index (χ0n) is 14.6. The van der Waals surface area contributed by atoms with Crippen LogP contribution >= 0.6 is 11.6 Å². The van der Waals surface area contributed by atoms with E-state index in [0.29, 0.717) is 24.0 Å². The number of aryl methyl sites for hydroxylation is 1. The van der Waals surface area contributed by atoms with Crippen molar-refractivity contribution >= 4 is 17.5 Å². The number of nitrogens with one attached hydrogen (secondary N) is 1. The molecule has 0 unspecified atom stereocenters. The largest absolute Gasteiger partial charge is 0.383 e. The molecule has 6 nitrogen and oxygen atoms in total. The van der Waals surface area contributed by atoms with Crippen LogP contribution in [0.25, 0.3) is 17.1 Å². The molecule has 1 aromatic heterocycles. The van der Waals surface area contributed by atoms with Crippen molar-refractivity contribution in [2.45, 2.75) is 6.92 Å². The van der Waals surface area contributed by atoms with Gasteiger partial charge in [-0.05, 0) is 42.8 Å². The molecule has 0 aliphatic carbocycles. The first-order valence-electron chi connectivity index (χ1n) is 8.16. The van der Waals surface area contributed by atoms with Crippen LogP contribution < -0.4 is 5.32 Å². The van der Waals surface area contributed by atoms with Crippen molar-refractivity contribution in [3.63, 3.8) is 0 Å². The van der Waals surface area contributed by atoms with Gasteiger partial charge in [0.05, 0.1) is 12.3 Å². The van der Waals surface area contributed by atoms with E-state index in [2.05, 4.69) is 15.4 Å². The summed E-state index contributed by atoms with van der Waals surface area (Å²) in [7, 11) is 1.58. The molecular weight excluding hydrogens is 352 g/mol. The Morgan fingerprint density at radius 1 is 1.19 bits per heavy atom. The zero-order chi connectivity index (χ0) is 18.5. The van der Waals surface area contributed by atoms with E-state index >= 15 is 0 Å². The molecule has 26 heavy (non-hydrogen) atoms. The van der Waals surface area contributed by atoms with Crippen molar-refractivity contribution in [1.82, 2.24) is 20.1 Å². The number of halogens is 1. The van der Waals surface area contributed by atoms with Crippen LogP contribution in [0.1, 0.15) is 16.2 Å². The van der Waals surface area contributed by atoms with Crippen LogP contribution in [0.4, 0.5) is 0 Å². The van der Waals surface area contributed by atoms with Crippen molar-refractivity contribution in [2.24, 2.45) is 0 Å². The number of nitrogens with zero attached hydrogens (tertiary/aromatic N) is 3. The maximum Gasteiger partial charge on any atom is 0.291 e. The summed E-state index contributed by atoms with van der Waals surface area (Å²) in [6.07, 6.45) is 0. The number of benzene rings is 2. The highest BCUT2D eigenvalue weighted by molar-refractivity contribution is 6.30. The lowest BCUT2D eigenvalue weighted by Crippen LogP contribution is -2.28. The second-order valence-electron chi connectivity index (χ2n) is 5.71. The number of ether oxygens (including phenoxy) is 1. The minimum Gasteiger partial charge on any atom is -0.383 e. The van der Waals surface area contributed by atoms with Gasteiger partial charge in [-0.15, -0.1) is 5.10 Å². The summed E-state index contributed by atoms with van der Waals surface area (Å²) < 4.78 is 6.63. The number of carbonyl (C=O) groups is 1. The van der Waals surface area contributed by atoms with Gasteiger partial charge in [0.2, 0.25) is 5.82 Å². The molecule has 0 radical (unpaired) electrons. The predicted octanol–water partition coefficient (Wildman–Crippen LogP) is 3.27. The minimum atomic E-state index is -0.343. The molecule has 0 aliphatic heterocycles.